The van der Waals surface area contributed by atoms with E-state index in [1.54, 1.807) is 0 Å². The molecule has 0 saturated carbocycles. The lowest BCUT2D eigenvalue weighted by Crippen LogP contribution is -2.43. The standard InChI is InChI=1S/C23H19N3O6S2/c27-22(28)19(13-33-34-21-20(26(30)31)10-5-11-24-21)25-23(29)32-12-18-16-8-3-1-6-14(16)15-7-2-4-9-17(15)18/h1-11,18-19H,12-13H2,(H,25,29)(H,27,28). The van der Waals surface area contributed by atoms with E-state index in [0.717, 1.165) is 43.8 Å². The molecule has 1 aliphatic carbocycles. The lowest BCUT2D eigenvalue weighted by Gasteiger charge is -2.17. The summed E-state index contributed by atoms with van der Waals surface area (Å²) in [6.07, 6.45) is 0.572. The van der Waals surface area contributed by atoms with E-state index in [9.17, 15) is 24.8 Å². The van der Waals surface area contributed by atoms with Gasteiger partial charge in [-0.05, 0) is 39.1 Å². The van der Waals surface area contributed by atoms with Gasteiger partial charge in [-0.1, -0.05) is 59.3 Å². The number of carboxylic acids is 1. The van der Waals surface area contributed by atoms with Crippen molar-refractivity contribution >= 4 is 39.3 Å². The molecule has 1 heterocycles. The van der Waals surface area contributed by atoms with E-state index in [4.69, 9.17) is 4.74 Å². The Morgan fingerprint density at radius 2 is 1.74 bits per heavy atom. The van der Waals surface area contributed by atoms with Crippen molar-refractivity contribution in [3.63, 3.8) is 0 Å². The summed E-state index contributed by atoms with van der Waals surface area (Å²) < 4.78 is 5.40. The van der Waals surface area contributed by atoms with Crippen LogP contribution in [0.5, 0.6) is 0 Å². The van der Waals surface area contributed by atoms with E-state index in [1.165, 1.54) is 18.3 Å². The number of carbonyl (C=O) groups excluding carboxylic acids is 1. The van der Waals surface area contributed by atoms with Crippen molar-refractivity contribution in [2.24, 2.45) is 0 Å². The van der Waals surface area contributed by atoms with Gasteiger partial charge in [-0.3, -0.25) is 10.1 Å². The minimum Gasteiger partial charge on any atom is -0.480 e. The molecule has 174 valence electrons. The number of benzene rings is 2. The quantitative estimate of drug-likeness (QED) is 0.245. The van der Waals surface area contributed by atoms with Crippen LogP contribution in [0.2, 0.25) is 0 Å². The molecule has 0 spiro atoms. The van der Waals surface area contributed by atoms with Gasteiger partial charge in [0.2, 0.25) is 0 Å². The second-order valence-corrected chi connectivity index (χ2v) is 9.64. The fraction of sp³-hybridized carbons (Fsp3) is 0.174. The molecular formula is C23H19N3O6S2. The van der Waals surface area contributed by atoms with Crippen LogP contribution in [0, 0.1) is 10.1 Å². The maximum absolute atomic E-state index is 12.4. The zero-order valence-corrected chi connectivity index (χ0v) is 19.3. The number of aromatic nitrogens is 1. The van der Waals surface area contributed by atoms with E-state index in [2.05, 4.69) is 10.3 Å². The second-order valence-electron chi connectivity index (χ2n) is 7.31. The van der Waals surface area contributed by atoms with Crippen LogP contribution in [0.4, 0.5) is 10.5 Å². The van der Waals surface area contributed by atoms with Crippen LogP contribution in [-0.2, 0) is 9.53 Å². The summed E-state index contributed by atoms with van der Waals surface area (Å²) in [7, 11) is 2.01. The molecule has 4 rings (SSSR count). The molecule has 3 aromatic rings. The van der Waals surface area contributed by atoms with Crippen molar-refractivity contribution in [1.82, 2.24) is 10.3 Å². The zero-order chi connectivity index (χ0) is 24.1. The smallest absolute Gasteiger partial charge is 0.407 e. The predicted molar refractivity (Wildman–Crippen MR) is 129 cm³/mol. The zero-order valence-electron chi connectivity index (χ0n) is 17.6. The van der Waals surface area contributed by atoms with Crippen LogP contribution in [0.1, 0.15) is 17.0 Å². The fourth-order valence-electron chi connectivity index (χ4n) is 3.70. The van der Waals surface area contributed by atoms with E-state index in [1.807, 2.05) is 48.5 Å². The molecule has 2 aromatic carbocycles. The van der Waals surface area contributed by atoms with Gasteiger partial charge in [0.05, 0.1) is 4.92 Å². The third kappa shape index (κ3) is 5.15. The van der Waals surface area contributed by atoms with E-state index >= 15 is 0 Å². The van der Waals surface area contributed by atoms with Gasteiger partial charge in [0.25, 0.3) is 0 Å². The van der Waals surface area contributed by atoms with E-state index in [-0.39, 0.29) is 29.0 Å². The third-order valence-corrected chi connectivity index (χ3v) is 7.55. The Kier molecular flexibility index (Phi) is 7.33. The number of hydrogen-bond donors (Lipinski definition) is 2. The van der Waals surface area contributed by atoms with Crippen molar-refractivity contribution in [2.75, 3.05) is 12.4 Å². The molecular weight excluding hydrogens is 478 g/mol. The topological polar surface area (TPSA) is 132 Å². The second kappa shape index (κ2) is 10.6. The summed E-state index contributed by atoms with van der Waals surface area (Å²) in [5.41, 5.74) is 4.11. The van der Waals surface area contributed by atoms with Gasteiger partial charge in [0.15, 0.2) is 5.03 Å². The number of rotatable bonds is 9. The largest absolute Gasteiger partial charge is 0.480 e. The first kappa shape index (κ1) is 23.6. The Balaban J connectivity index is 1.34. The van der Waals surface area contributed by atoms with Gasteiger partial charge in [-0.2, -0.15) is 0 Å². The van der Waals surface area contributed by atoms with Crippen LogP contribution in [0.3, 0.4) is 0 Å². The van der Waals surface area contributed by atoms with Crippen molar-refractivity contribution in [1.29, 1.82) is 0 Å². The number of nitrogens with zero attached hydrogens (tertiary/aromatic N) is 2. The molecule has 1 atom stereocenters. The number of aliphatic carboxylic acids is 1. The highest BCUT2D eigenvalue weighted by Gasteiger charge is 2.30. The Morgan fingerprint density at radius 3 is 2.35 bits per heavy atom. The molecule has 0 bridgehead atoms. The van der Waals surface area contributed by atoms with Gasteiger partial charge in [0, 0.05) is 23.9 Å². The highest BCUT2D eigenvalue weighted by Crippen LogP contribution is 2.44. The number of alkyl carbamates (subject to hydrolysis) is 1. The first-order chi connectivity index (χ1) is 16.5. The molecule has 1 aliphatic rings. The lowest BCUT2D eigenvalue weighted by molar-refractivity contribution is -0.388. The Morgan fingerprint density at radius 1 is 1.09 bits per heavy atom. The van der Waals surface area contributed by atoms with Gasteiger partial charge in [-0.25, -0.2) is 14.6 Å². The summed E-state index contributed by atoms with van der Waals surface area (Å²) in [6, 6.07) is 17.3. The Labute approximate surface area is 202 Å². The highest BCUT2D eigenvalue weighted by molar-refractivity contribution is 8.76. The predicted octanol–water partition coefficient (Wildman–Crippen LogP) is 4.72. The number of pyridine rings is 1. The van der Waals surface area contributed by atoms with Crippen LogP contribution in [0.15, 0.2) is 71.9 Å². The summed E-state index contributed by atoms with van der Waals surface area (Å²) in [4.78, 5) is 38.5. The van der Waals surface area contributed by atoms with Crippen LogP contribution in [-0.4, -0.2) is 45.5 Å². The first-order valence-corrected chi connectivity index (χ1v) is 12.5. The number of carboxylic acid groups (broad SMARTS) is 1. The molecule has 0 radical (unpaired) electrons. The summed E-state index contributed by atoms with van der Waals surface area (Å²) in [6.45, 7) is 0.0637. The monoisotopic (exact) mass is 497 g/mol. The highest BCUT2D eigenvalue weighted by atomic mass is 33.1. The minimum atomic E-state index is -1.24. The van der Waals surface area contributed by atoms with Crippen LogP contribution >= 0.6 is 21.6 Å². The maximum Gasteiger partial charge on any atom is 0.407 e. The van der Waals surface area contributed by atoms with Crippen LogP contribution < -0.4 is 5.32 Å². The average molecular weight is 498 g/mol. The number of hydrogen-bond acceptors (Lipinski definition) is 8. The van der Waals surface area contributed by atoms with Crippen molar-refractivity contribution < 1.29 is 24.4 Å². The molecule has 34 heavy (non-hydrogen) atoms. The summed E-state index contributed by atoms with van der Waals surface area (Å²) in [5, 5.41) is 23.1. The molecule has 0 fully saturated rings. The third-order valence-electron chi connectivity index (χ3n) is 5.25. The van der Waals surface area contributed by atoms with Crippen molar-refractivity contribution in [3.8, 4) is 11.1 Å². The molecule has 11 heteroatoms. The maximum atomic E-state index is 12.4. The van der Waals surface area contributed by atoms with Gasteiger partial charge < -0.3 is 15.2 Å². The molecule has 1 aromatic heterocycles. The van der Waals surface area contributed by atoms with Gasteiger partial charge in [-0.15, -0.1) is 0 Å². The fourth-order valence-corrected chi connectivity index (χ4v) is 5.91. The number of fused-ring (bicyclic) bond motifs is 3. The molecule has 0 aliphatic heterocycles. The summed E-state index contributed by atoms with van der Waals surface area (Å²) >= 11 is 0. The van der Waals surface area contributed by atoms with Crippen molar-refractivity contribution in [3.05, 3.63) is 88.1 Å². The normalized spacial score (nSPS) is 12.9. The molecule has 1 amide bonds. The minimum absolute atomic E-state index is 0.0437. The van der Waals surface area contributed by atoms with Gasteiger partial charge in [0.1, 0.15) is 12.6 Å². The van der Waals surface area contributed by atoms with E-state index < -0.39 is 23.0 Å². The number of nitrogens with one attached hydrogen (secondary N) is 1. The number of carbonyl (C=O) groups is 2. The number of nitro groups is 1. The number of ether oxygens (including phenoxy) is 1. The van der Waals surface area contributed by atoms with Crippen LogP contribution in [0.25, 0.3) is 11.1 Å². The molecule has 1 unspecified atom stereocenters. The average Bonchev–Trinajstić information content (AvgIpc) is 3.16. The summed E-state index contributed by atoms with van der Waals surface area (Å²) in [5.74, 6) is -1.43. The Bertz CT molecular complexity index is 1190. The molecule has 9 nitrogen and oxygen atoms in total. The number of amides is 1. The van der Waals surface area contributed by atoms with Gasteiger partial charge >= 0.3 is 17.7 Å². The first-order valence-electron chi connectivity index (χ1n) is 10.2. The molecule has 0 saturated heterocycles. The van der Waals surface area contributed by atoms with Crippen molar-refractivity contribution in [2.45, 2.75) is 17.0 Å². The SMILES string of the molecule is O=C(NC(CSSc1ncccc1[N+](=O)[O-])C(=O)O)OCC1c2ccccc2-c2ccccc21. The molecule has 2 N–H and O–H groups in total. The van der Waals surface area contributed by atoms with E-state index in [0.29, 0.717) is 0 Å². The lowest BCUT2D eigenvalue weighted by atomic mass is 9.98. The Hall–Kier alpha value is -3.57.